The van der Waals surface area contributed by atoms with E-state index in [0.717, 1.165) is 17.7 Å². The Bertz CT molecular complexity index is 501. The fourth-order valence-corrected chi connectivity index (χ4v) is 2.50. The molecular formula is C14H19N3O2. The van der Waals surface area contributed by atoms with Gasteiger partial charge in [-0.05, 0) is 44.0 Å². The SMILES string of the molecule is CCNC(=O)c1ccc2c(c1)C(N)CC(C)N2C=O. The molecule has 2 atom stereocenters. The molecule has 3 N–H and O–H groups in total. The number of anilines is 1. The number of rotatable bonds is 3. The highest BCUT2D eigenvalue weighted by Gasteiger charge is 2.28. The summed E-state index contributed by atoms with van der Waals surface area (Å²) in [5.74, 6) is -0.117. The molecule has 2 unspecified atom stereocenters. The summed E-state index contributed by atoms with van der Waals surface area (Å²) in [7, 11) is 0. The molecule has 0 spiro atoms. The summed E-state index contributed by atoms with van der Waals surface area (Å²) >= 11 is 0. The maximum atomic E-state index is 11.8. The van der Waals surface area contributed by atoms with E-state index in [2.05, 4.69) is 5.32 Å². The van der Waals surface area contributed by atoms with Crippen molar-refractivity contribution in [3.05, 3.63) is 29.3 Å². The maximum absolute atomic E-state index is 11.8. The Morgan fingerprint density at radius 2 is 2.32 bits per heavy atom. The Morgan fingerprint density at radius 1 is 1.58 bits per heavy atom. The number of fused-ring (bicyclic) bond motifs is 1. The van der Waals surface area contributed by atoms with E-state index in [-0.39, 0.29) is 18.0 Å². The first-order chi connectivity index (χ1) is 9.08. The van der Waals surface area contributed by atoms with Gasteiger partial charge in [0.2, 0.25) is 6.41 Å². The van der Waals surface area contributed by atoms with Gasteiger partial charge in [0, 0.05) is 29.9 Å². The van der Waals surface area contributed by atoms with Gasteiger partial charge in [0.15, 0.2) is 0 Å². The highest BCUT2D eigenvalue weighted by molar-refractivity contribution is 5.95. The highest BCUT2D eigenvalue weighted by Crippen LogP contribution is 2.35. The average molecular weight is 261 g/mol. The van der Waals surface area contributed by atoms with Crippen LogP contribution in [0.1, 0.15) is 42.2 Å². The second kappa shape index (κ2) is 5.40. The largest absolute Gasteiger partial charge is 0.352 e. The van der Waals surface area contributed by atoms with Gasteiger partial charge in [-0.2, -0.15) is 0 Å². The molecule has 5 nitrogen and oxygen atoms in total. The van der Waals surface area contributed by atoms with E-state index in [0.29, 0.717) is 18.5 Å². The van der Waals surface area contributed by atoms with Crippen molar-refractivity contribution in [1.29, 1.82) is 0 Å². The fourth-order valence-electron chi connectivity index (χ4n) is 2.50. The number of nitrogens with two attached hydrogens (primary N) is 1. The minimum Gasteiger partial charge on any atom is -0.352 e. The van der Waals surface area contributed by atoms with Crippen LogP contribution in [0.15, 0.2) is 18.2 Å². The molecule has 0 aromatic heterocycles. The lowest BCUT2D eigenvalue weighted by atomic mass is 9.91. The van der Waals surface area contributed by atoms with E-state index < -0.39 is 0 Å². The minimum absolute atomic E-state index is 0.0790. The van der Waals surface area contributed by atoms with Gasteiger partial charge in [0.05, 0.1) is 0 Å². The van der Waals surface area contributed by atoms with Crippen molar-refractivity contribution in [3.63, 3.8) is 0 Å². The Kier molecular flexibility index (Phi) is 3.85. The monoisotopic (exact) mass is 261 g/mol. The number of carbonyl (C=O) groups excluding carboxylic acids is 2. The zero-order valence-corrected chi connectivity index (χ0v) is 11.2. The van der Waals surface area contributed by atoms with Crippen LogP contribution in [0.2, 0.25) is 0 Å². The standard InChI is InChI=1S/C14H19N3O2/c1-3-16-14(19)10-4-5-13-11(7-10)12(15)6-9(2)17(13)8-18/h4-5,7-9,12H,3,6,15H2,1-2H3,(H,16,19). The Balaban J connectivity index is 2.41. The van der Waals surface area contributed by atoms with Crippen molar-refractivity contribution >= 4 is 18.0 Å². The molecule has 2 rings (SSSR count). The quantitative estimate of drug-likeness (QED) is 0.802. The van der Waals surface area contributed by atoms with Crippen LogP contribution in [0.3, 0.4) is 0 Å². The average Bonchev–Trinajstić information content (AvgIpc) is 2.39. The smallest absolute Gasteiger partial charge is 0.251 e. The molecule has 0 aliphatic carbocycles. The number of amides is 2. The van der Waals surface area contributed by atoms with E-state index in [1.54, 1.807) is 23.1 Å². The van der Waals surface area contributed by atoms with E-state index in [9.17, 15) is 9.59 Å². The summed E-state index contributed by atoms with van der Waals surface area (Å²) in [6, 6.07) is 5.24. The molecule has 1 aromatic rings. The third kappa shape index (κ3) is 2.46. The summed E-state index contributed by atoms with van der Waals surface area (Å²) in [5.41, 5.74) is 8.36. The van der Waals surface area contributed by atoms with Gasteiger partial charge in [-0.3, -0.25) is 9.59 Å². The second-order valence-electron chi connectivity index (χ2n) is 4.84. The maximum Gasteiger partial charge on any atom is 0.251 e. The van der Waals surface area contributed by atoms with Crippen LogP contribution < -0.4 is 16.0 Å². The van der Waals surface area contributed by atoms with E-state index >= 15 is 0 Å². The van der Waals surface area contributed by atoms with Crippen LogP contribution in [-0.4, -0.2) is 24.9 Å². The summed E-state index contributed by atoms with van der Waals surface area (Å²) < 4.78 is 0. The van der Waals surface area contributed by atoms with Gasteiger partial charge in [0.25, 0.3) is 5.91 Å². The van der Waals surface area contributed by atoms with Crippen molar-refractivity contribution in [2.24, 2.45) is 5.73 Å². The lowest BCUT2D eigenvalue weighted by Crippen LogP contribution is -2.40. The molecule has 1 aliphatic rings. The van der Waals surface area contributed by atoms with Crippen LogP contribution in [0.5, 0.6) is 0 Å². The topological polar surface area (TPSA) is 75.4 Å². The van der Waals surface area contributed by atoms with Crippen molar-refractivity contribution in [2.45, 2.75) is 32.4 Å². The number of hydrogen-bond acceptors (Lipinski definition) is 3. The van der Waals surface area contributed by atoms with Crippen molar-refractivity contribution in [1.82, 2.24) is 5.32 Å². The Labute approximate surface area is 112 Å². The first-order valence-electron chi connectivity index (χ1n) is 6.49. The molecule has 1 aliphatic heterocycles. The first kappa shape index (κ1) is 13.5. The van der Waals surface area contributed by atoms with Crippen LogP contribution in [0, 0.1) is 0 Å². The van der Waals surface area contributed by atoms with Gasteiger partial charge < -0.3 is 16.0 Å². The molecule has 0 saturated carbocycles. The molecule has 1 aromatic carbocycles. The zero-order chi connectivity index (χ0) is 14.0. The Hall–Kier alpha value is -1.88. The lowest BCUT2D eigenvalue weighted by Gasteiger charge is -2.35. The summed E-state index contributed by atoms with van der Waals surface area (Å²) in [5, 5.41) is 2.75. The summed E-state index contributed by atoms with van der Waals surface area (Å²) in [6.07, 6.45) is 1.52. The normalized spacial score (nSPS) is 21.7. The minimum atomic E-state index is -0.143. The molecule has 19 heavy (non-hydrogen) atoms. The summed E-state index contributed by atoms with van der Waals surface area (Å²) in [6.45, 7) is 4.42. The Morgan fingerprint density at radius 3 is 2.95 bits per heavy atom. The lowest BCUT2D eigenvalue weighted by molar-refractivity contribution is -0.107. The molecule has 0 bridgehead atoms. The third-order valence-electron chi connectivity index (χ3n) is 3.49. The highest BCUT2D eigenvalue weighted by atomic mass is 16.1. The molecule has 0 fully saturated rings. The predicted octanol–water partition coefficient (Wildman–Crippen LogP) is 1.19. The number of nitrogens with zero attached hydrogens (tertiary/aromatic N) is 1. The van der Waals surface area contributed by atoms with Gasteiger partial charge in [-0.1, -0.05) is 0 Å². The van der Waals surface area contributed by atoms with Crippen LogP contribution >= 0.6 is 0 Å². The van der Waals surface area contributed by atoms with E-state index in [1.165, 1.54) is 0 Å². The number of nitrogens with one attached hydrogen (secondary N) is 1. The van der Waals surface area contributed by atoms with Crippen molar-refractivity contribution in [3.8, 4) is 0 Å². The van der Waals surface area contributed by atoms with Gasteiger partial charge in [-0.25, -0.2) is 0 Å². The predicted molar refractivity (Wildman–Crippen MR) is 74.0 cm³/mol. The van der Waals surface area contributed by atoms with Gasteiger partial charge in [-0.15, -0.1) is 0 Å². The number of carbonyl (C=O) groups is 2. The summed E-state index contributed by atoms with van der Waals surface area (Å²) in [4.78, 5) is 24.7. The molecule has 102 valence electrons. The first-order valence-corrected chi connectivity index (χ1v) is 6.49. The van der Waals surface area contributed by atoms with E-state index in [4.69, 9.17) is 5.73 Å². The third-order valence-corrected chi connectivity index (χ3v) is 3.49. The van der Waals surface area contributed by atoms with Gasteiger partial charge in [0.1, 0.15) is 0 Å². The number of hydrogen-bond donors (Lipinski definition) is 2. The number of benzene rings is 1. The molecule has 5 heteroatoms. The van der Waals surface area contributed by atoms with Gasteiger partial charge >= 0.3 is 0 Å². The zero-order valence-electron chi connectivity index (χ0n) is 11.2. The molecule has 2 amide bonds. The van der Waals surface area contributed by atoms with E-state index in [1.807, 2.05) is 13.8 Å². The van der Waals surface area contributed by atoms with Crippen molar-refractivity contribution < 1.29 is 9.59 Å². The molecular weight excluding hydrogens is 242 g/mol. The molecule has 0 radical (unpaired) electrons. The van der Waals surface area contributed by atoms with Crippen LogP contribution in [-0.2, 0) is 4.79 Å². The molecule has 0 saturated heterocycles. The van der Waals surface area contributed by atoms with Crippen LogP contribution in [0.4, 0.5) is 5.69 Å². The van der Waals surface area contributed by atoms with Crippen molar-refractivity contribution in [2.75, 3.05) is 11.4 Å². The fraction of sp³-hybridized carbons (Fsp3) is 0.429. The molecule has 1 heterocycles. The second-order valence-corrected chi connectivity index (χ2v) is 4.84. The van der Waals surface area contributed by atoms with Crippen LogP contribution in [0.25, 0.3) is 0 Å².